The second-order valence-corrected chi connectivity index (χ2v) is 11.0. The van der Waals surface area contributed by atoms with Crippen LogP contribution in [0.5, 0.6) is 0 Å². The summed E-state index contributed by atoms with van der Waals surface area (Å²) in [6, 6.07) is 15.5. The summed E-state index contributed by atoms with van der Waals surface area (Å²) >= 11 is 0. The highest BCUT2D eigenvalue weighted by Gasteiger charge is 2.55. The third kappa shape index (κ3) is 3.74. The third-order valence-corrected chi connectivity index (χ3v) is 8.99. The van der Waals surface area contributed by atoms with Gasteiger partial charge in [0, 0.05) is 54.3 Å². The molecule has 6 rings (SSSR count). The molecule has 2 atom stereocenters. The van der Waals surface area contributed by atoms with Gasteiger partial charge in [-0.3, -0.25) is 9.99 Å². The van der Waals surface area contributed by atoms with Gasteiger partial charge in [-0.15, -0.1) is 0 Å². The van der Waals surface area contributed by atoms with E-state index in [-0.39, 0.29) is 0 Å². The van der Waals surface area contributed by atoms with E-state index in [1.54, 1.807) is 0 Å². The second-order valence-electron chi connectivity index (χ2n) is 11.0. The molecular weight excluding hydrogens is 406 g/mol. The number of fused-ring (bicyclic) bond motifs is 3. The molecule has 2 unspecified atom stereocenters. The molecule has 3 heterocycles. The first-order valence-corrected chi connectivity index (χ1v) is 12.9. The van der Waals surface area contributed by atoms with E-state index in [0.29, 0.717) is 22.9 Å². The lowest BCUT2D eigenvalue weighted by Crippen LogP contribution is -2.49. The average Bonchev–Trinajstić information content (AvgIpc) is 3.49. The lowest BCUT2D eigenvalue weighted by atomic mass is 9.82. The number of hydrazone groups is 1. The fourth-order valence-corrected chi connectivity index (χ4v) is 7.33. The molecule has 1 saturated heterocycles. The van der Waals surface area contributed by atoms with Crippen LogP contribution in [0.4, 0.5) is 5.69 Å². The van der Waals surface area contributed by atoms with Gasteiger partial charge >= 0.3 is 0 Å². The standard InChI is InChI=1S/C28H37N5/c1-3-30-28-13-11-27(19-28,12-14-28)20-33-26-10-16-32(18-24(26)21(2)31-33)23-9-15-29-25(17-23)22-7-5-4-6-8-22/h4-9,15,17,24,26,30H,3,10-14,16,18-20H2,1-2H3. The maximum absolute atomic E-state index is 5.16. The molecule has 2 aliphatic carbocycles. The molecule has 2 aromatic rings. The minimum Gasteiger partial charge on any atom is -0.371 e. The number of hydrogen-bond acceptors (Lipinski definition) is 5. The fraction of sp³-hybridized carbons (Fsp3) is 0.571. The van der Waals surface area contributed by atoms with E-state index in [9.17, 15) is 0 Å². The van der Waals surface area contributed by atoms with Crippen molar-refractivity contribution >= 4 is 11.4 Å². The molecule has 5 heteroatoms. The minimum atomic E-state index is 0.424. The van der Waals surface area contributed by atoms with Gasteiger partial charge in [-0.05, 0) is 69.5 Å². The van der Waals surface area contributed by atoms with Gasteiger partial charge in [0.2, 0.25) is 0 Å². The van der Waals surface area contributed by atoms with Crippen molar-refractivity contribution in [2.24, 2.45) is 16.4 Å². The number of aromatic nitrogens is 1. The Morgan fingerprint density at radius 2 is 1.91 bits per heavy atom. The summed E-state index contributed by atoms with van der Waals surface area (Å²) in [4.78, 5) is 7.18. The summed E-state index contributed by atoms with van der Waals surface area (Å²) in [6.45, 7) is 8.92. The SMILES string of the molecule is CCNC12CCC(CN3N=C(C)C4CN(c5ccnc(-c6ccccc6)c5)CCC43)(CC1)C2. The maximum Gasteiger partial charge on any atom is 0.0722 e. The van der Waals surface area contributed by atoms with Crippen molar-refractivity contribution in [3.63, 3.8) is 0 Å². The molecule has 0 amide bonds. The molecule has 0 radical (unpaired) electrons. The van der Waals surface area contributed by atoms with Crippen LogP contribution in [-0.4, -0.2) is 53.5 Å². The molecule has 1 aromatic carbocycles. The van der Waals surface area contributed by atoms with E-state index < -0.39 is 0 Å². The molecule has 0 spiro atoms. The number of hydrogen-bond donors (Lipinski definition) is 1. The zero-order chi connectivity index (χ0) is 22.5. The van der Waals surface area contributed by atoms with E-state index in [1.165, 1.54) is 55.5 Å². The highest BCUT2D eigenvalue weighted by Crippen LogP contribution is 2.57. The predicted molar refractivity (Wildman–Crippen MR) is 136 cm³/mol. The quantitative estimate of drug-likeness (QED) is 0.686. The highest BCUT2D eigenvalue weighted by molar-refractivity contribution is 5.87. The van der Waals surface area contributed by atoms with Gasteiger partial charge in [0.05, 0.1) is 11.7 Å². The summed E-state index contributed by atoms with van der Waals surface area (Å²) in [5, 5.41) is 11.5. The first-order chi connectivity index (χ1) is 16.1. The zero-order valence-corrected chi connectivity index (χ0v) is 20.1. The smallest absolute Gasteiger partial charge is 0.0722 e. The van der Waals surface area contributed by atoms with E-state index in [1.807, 2.05) is 6.20 Å². The Labute approximate surface area is 198 Å². The summed E-state index contributed by atoms with van der Waals surface area (Å²) in [7, 11) is 0. The third-order valence-electron chi connectivity index (χ3n) is 8.99. The van der Waals surface area contributed by atoms with Gasteiger partial charge in [-0.2, -0.15) is 5.10 Å². The van der Waals surface area contributed by atoms with Crippen LogP contribution in [-0.2, 0) is 0 Å². The molecule has 4 aliphatic rings. The second kappa shape index (κ2) is 8.12. The van der Waals surface area contributed by atoms with Gasteiger partial charge in [0.25, 0.3) is 0 Å². The molecule has 33 heavy (non-hydrogen) atoms. The zero-order valence-electron chi connectivity index (χ0n) is 20.1. The van der Waals surface area contributed by atoms with Crippen molar-refractivity contribution in [1.82, 2.24) is 15.3 Å². The number of piperidine rings is 1. The molecule has 1 N–H and O–H groups in total. The van der Waals surface area contributed by atoms with Crippen molar-refractivity contribution in [3.05, 3.63) is 48.7 Å². The molecule has 174 valence electrons. The molecule has 5 nitrogen and oxygen atoms in total. The lowest BCUT2D eigenvalue weighted by molar-refractivity contribution is 0.105. The predicted octanol–water partition coefficient (Wildman–Crippen LogP) is 4.95. The van der Waals surface area contributed by atoms with Crippen molar-refractivity contribution in [2.45, 2.75) is 64.0 Å². The van der Waals surface area contributed by atoms with Gasteiger partial charge in [-0.1, -0.05) is 37.3 Å². The van der Waals surface area contributed by atoms with Crippen LogP contribution in [0.25, 0.3) is 11.3 Å². The Balaban J connectivity index is 1.15. The number of nitrogens with zero attached hydrogens (tertiary/aromatic N) is 4. The van der Waals surface area contributed by atoms with E-state index in [4.69, 9.17) is 5.10 Å². The molecule has 2 bridgehead atoms. The van der Waals surface area contributed by atoms with Gasteiger partial charge in [-0.25, -0.2) is 0 Å². The van der Waals surface area contributed by atoms with Crippen LogP contribution in [0.1, 0.15) is 52.4 Å². The van der Waals surface area contributed by atoms with Crippen molar-refractivity contribution < 1.29 is 0 Å². The summed E-state index contributed by atoms with van der Waals surface area (Å²) in [5.74, 6) is 0.532. The molecule has 2 saturated carbocycles. The van der Waals surface area contributed by atoms with Crippen LogP contribution < -0.4 is 10.2 Å². The molecular formula is C28H37N5. The first kappa shape index (κ1) is 21.2. The Bertz CT molecular complexity index is 1020. The Morgan fingerprint density at radius 1 is 1.09 bits per heavy atom. The Kier molecular flexibility index (Phi) is 5.21. The van der Waals surface area contributed by atoms with Crippen LogP contribution in [0.2, 0.25) is 0 Å². The van der Waals surface area contributed by atoms with E-state index in [0.717, 1.165) is 31.9 Å². The Hall–Kier alpha value is -2.40. The van der Waals surface area contributed by atoms with Crippen LogP contribution in [0, 0.1) is 11.3 Å². The van der Waals surface area contributed by atoms with Gasteiger partial charge in [0.1, 0.15) is 0 Å². The van der Waals surface area contributed by atoms with Crippen molar-refractivity contribution in [3.8, 4) is 11.3 Å². The average molecular weight is 444 g/mol. The maximum atomic E-state index is 5.16. The van der Waals surface area contributed by atoms with Crippen molar-refractivity contribution in [2.75, 3.05) is 31.1 Å². The minimum absolute atomic E-state index is 0.424. The normalized spacial score (nSPS) is 32.8. The van der Waals surface area contributed by atoms with Crippen LogP contribution >= 0.6 is 0 Å². The van der Waals surface area contributed by atoms with E-state index >= 15 is 0 Å². The number of nitrogens with one attached hydrogen (secondary N) is 1. The molecule has 1 aromatic heterocycles. The first-order valence-electron chi connectivity index (χ1n) is 12.9. The van der Waals surface area contributed by atoms with E-state index in [2.05, 4.69) is 76.5 Å². The fourth-order valence-electron chi connectivity index (χ4n) is 7.33. The summed E-state index contributed by atoms with van der Waals surface area (Å²) < 4.78 is 0. The Morgan fingerprint density at radius 3 is 2.70 bits per heavy atom. The number of rotatable bonds is 6. The lowest BCUT2D eigenvalue weighted by Gasteiger charge is -2.41. The van der Waals surface area contributed by atoms with Gasteiger partial charge in [0.15, 0.2) is 0 Å². The van der Waals surface area contributed by atoms with Crippen LogP contribution in [0.15, 0.2) is 53.8 Å². The summed E-state index contributed by atoms with van der Waals surface area (Å²) in [5.41, 5.74) is 5.75. The topological polar surface area (TPSA) is 43.8 Å². The number of anilines is 1. The molecule has 2 aliphatic heterocycles. The number of benzene rings is 1. The van der Waals surface area contributed by atoms with Crippen molar-refractivity contribution in [1.29, 1.82) is 0 Å². The van der Waals surface area contributed by atoms with Gasteiger partial charge < -0.3 is 10.2 Å². The van der Waals surface area contributed by atoms with Crippen LogP contribution in [0.3, 0.4) is 0 Å². The largest absolute Gasteiger partial charge is 0.371 e. The highest BCUT2D eigenvalue weighted by atomic mass is 15.5. The summed E-state index contributed by atoms with van der Waals surface area (Å²) in [6.07, 6.45) is 9.93. The molecule has 3 fully saturated rings. The monoisotopic (exact) mass is 443 g/mol. The number of pyridine rings is 1.